The Bertz CT molecular complexity index is 526. The van der Waals surface area contributed by atoms with Crippen LogP contribution in [0.3, 0.4) is 0 Å². The predicted molar refractivity (Wildman–Crippen MR) is 106 cm³/mol. The highest BCUT2D eigenvalue weighted by Crippen LogP contribution is 2.38. The summed E-state index contributed by atoms with van der Waals surface area (Å²) in [4.78, 5) is 0. The Morgan fingerprint density at radius 2 is 2.12 bits per heavy atom. The summed E-state index contributed by atoms with van der Waals surface area (Å²) in [5.41, 5.74) is 3.13. The van der Waals surface area contributed by atoms with Gasteiger partial charge in [0.25, 0.3) is 0 Å². The first-order chi connectivity index (χ1) is 12.0. The fourth-order valence-corrected chi connectivity index (χ4v) is 4.09. The molecular formula is C23H36O2. The number of ether oxygens (including phenoxy) is 2. The molecule has 0 aromatic rings. The van der Waals surface area contributed by atoms with Crippen LogP contribution in [0.25, 0.3) is 0 Å². The monoisotopic (exact) mass is 344 g/mol. The van der Waals surface area contributed by atoms with E-state index in [2.05, 4.69) is 44.7 Å². The summed E-state index contributed by atoms with van der Waals surface area (Å²) in [5, 5.41) is 0. The molecule has 2 nitrogen and oxygen atoms in total. The van der Waals surface area contributed by atoms with Crippen LogP contribution < -0.4 is 0 Å². The summed E-state index contributed by atoms with van der Waals surface area (Å²) >= 11 is 0. The molecule has 0 aliphatic heterocycles. The van der Waals surface area contributed by atoms with Crippen LogP contribution in [0.1, 0.15) is 65.7 Å². The molecule has 2 rings (SSSR count). The first kappa shape index (κ1) is 20.0. The average Bonchev–Trinajstić information content (AvgIpc) is 2.62. The zero-order valence-electron chi connectivity index (χ0n) is 16.6. The Hall–Kier alpha value is -1.28. The molecule has 0 saturated heterocycles. The molecular weight excluding hydrogens is 308 g/mol. The molecule has 0 bridgehead atoms. The summed E-state index contributed by atoms with van der Waals surface area (Å²) in [6, 6.07) is 0. The quantitative estimate of drug-likeness (QED) is 0.358. The van der Waals surface area contributed by atoms with Crippen LogP contribution >= 0.6 is 0 Å². The van der Waals surface area contributed by atoms with Gasteiger partial charge in [-0.15, -0.1) is 0 Å². The van der Waals surface area contributed by atoms with Gasteiger partial charge in [-0.2, -0.15) is 0 Å². The summed E-state index contributed by atoms with van der Waals surface area (Å²) in [7, 11) is 1.84. The third-order valence-corrected chi connectivity index (χ3v) is 5.65. The third-order valence-electron chi connectivity index (χ3n) is 5.65. The molecule has 2 heteroatoms. The first-order valence-corrected chi connectivity index (χ1v) is 9.97. The Labute approximate surface area is 154 Å². The second-order valence-electron chi connectivity index (χ2n) is 7.61. The highest BCUT2D eigenvalue weighted by atomic mass is 16.5. The highest BCUT2D eigenvalue weighted by Gasteiger charge is 2.27. The summed E-state index contributed by atoms with van der Waals surface area (Å²) in [6.07, 6.45) is 18.1. The van der Waals surface area contributed by atoms with E-state index in [0.717, 1.165) is 18.6 Å². The van der Waals surface area contributed by atoms with E-state index in [-0.39, 0.29) is 6.10 Å². The van der Waals surface area contributed by atoms with E-state index < -0.39 is 0 Å². The molecule has 0 aromatic heterocycles. The molecule has 0 radical (unpaired) electrons. The van der Waals surface area contributed by atoms with E-state index in [9.17, 15) is 0 Å². The van der Waals surface area contributed by atoms with Gasteiger partial charge in [0.1, 0.15) is 6.10 Å². The van der Waals surface area contributed by atoms with Gasteiger partial charge in [-0.05, 0) is 56.1 Å². The van der Waals surface area contributed by atoms with Crippen molar-refractivity contribution in [2.45, 2.75) is 77.9 Å². The Morgan fingerprint density at radius 1 is 1.32 bits per heavy atom. The summed E-state index contributed by atoms with van der Waals surface area (Å²) in [6.45, 7) is 10.5. The number of allylic oxidation sites excluding steroid dienone is 4. The van der Waals surface area contributed by atoms with Gasteiger partial charge in [-0.25, -0.2) is 0 Å². The molecule has 0 aromatic carbocycles. The number of unbranched alkanes of at least 4 members (excludes halogenated alkanes) is 1. The van der Waals surface area contributed by atoms with E-state index in [1.165, 1.54) is 37.7 Å². The number of hydrogen-bond donors (Lipinski definition) is 0. The van der Waals surface area contributed by atoms with Crippen molar-refractivity contribution in [3.05, 3.63) is 47.8 Å². The van der Waals surface area contributed by atoms with Crippen LogP contribution in [-0.4, -0.2) is 19.3 Å². The van der Waals surface area contributed by atoms with Crippen LogP contribution in [-0.2, 0) is 9.47 Å². The number of hydrogen-bond acceptors (Lipinski definition) is 2. The summed E-state index contributed by atoms with van der Waals surface area (Å²) in [5.74, 6) is 2.02. The van der Waals surface area contributed by atoms with Crippen molar-refractivity contribution in [3.8, 4) is 0 Å². The first-order valence-electron chi connectivity index (χ1n) is 9.97. The Kier molecular flexibility index (Phi) is 8.02. The largest absolute Gasteiger partial charge is 0.491 e. The zero-order chi connectivity index (χ0) is 18.2. The lowest BCUT2D eigenvalue weighted by Crippen LogP contribution is -2.22. The Balaban J connectivity index is 2.05. The van der Waals surface area contributed by atoms with Gasteiger partial charge in [0, 0.05) is 13.5 Å². The van der Waals surface area contributed by atoms with Crippen LogP contribution in [0.15, 0.2) is 47.8 Å². The van der Waals surface area contributed by atoms with Gasteiger partial charge in [0.05, 0.1) is 11.9 Å². The standard InChI is InChI=1S/C23H36O2/c1-6-7-8-23(20-11-13-21(24-5)14-12-20)18(4)19-9-15-22(16-10-19)25-17(2)3/h9-11,15,18,21-23H,2,6-8,12-14,16H2,1,3-5H3/t18?,21?,22-,23?/m1/s1. The molecule has 0 amide bonds. The molecule has 2 aliphatic carbocycles. The average molecular weight is 345 g/mol. The van der Waals surface area contributed by atoms with Gasteiger partial charge in [0.15, 0.2) is 0 Å². The third kappa shape index (κ3) is 5.88. The summed E-state index contributed by atoms with van der Waals surface area (Å²) < 4.78 is 11.3. The molecule has 0 N–H and O–H groups in total. The second kappa shape index (κ2) is 10.0. The smallest absolute Gasteiger partial charge is 0.120 e. The van der Waals surface area contributed by atoms with Gasteiger partial charge >= 0.3 is 0 Å². The van der Waals surface area contributed by atoms with Crippen LogP contribution in [0.2, 0.25) is 0 Å². The normalized spacial score (nSPS) is 25.8. The van der Waals surface area contributed by atoms with E-state index >= 15 is 0 Å². The van der Waals surface area contributed by atoms with Crippen LogP contribution in [0, 0.1) is 11.8 Å². The molecule has 4 atom stereocenters. The molecule has 0 saturated carbocycles. The minimum absolute atomic E-state index is 0.152. The van der Waals surface area contributed by atoms with Gasteiger partial charge in [-0.3, -0.25) is 0 Å². The molecule has 0 spiro atoms. The lowest BCUT2D eigenvalue weighted by Gasteiger charge is -2.32. The number of rotatable bonds is 9. The van der Waals surface area contributed by atoms with Crippen molar-refractivity contribution in [1.29, 1.82) is 0 Å². The topological polar surface area (TPSA) is 18.5 Å². The molecule has 2 aliphatic rings. The van der Waals surface area contributed by atoms with Crippen molar-refractivity contribution in [1.82, 2.24) is 0 Å². The lowest BCUT2D eigenvalue weighted by atomic mass is 9.74. The lowest BCUT2D eigenvalue weighted by molar-refractivity contribution is 0.0921. The van der Waals surface area contributed by atoms with Crippen molar-refractivity contribution < 1.29 is 9.47 Å². The highest BCUT2D eigenvalue weighted by molar-refractivity contribution is 5.30. The van der Waals surface area contributed by atoms with Crippen molar-refractivity contribution in [2.24, 2.45) is 11.8 Å². The fourth-order valence-electron chi connectivity index (χ4n) is 4.09. The van der Waals surface area contributed by atoms with E-state index in [1.807, 2.05) is 14.0 Å². The maximum Gasteiger partial charge on any atom is 0.120 e. The van der Waals surface area contributed by atoms with E-state index in [1.54, 1.807) is 5.57 Å². The van der Waals surface area contributed by atoms with Crippen LogP contribution in [0.4, 0.5) is 0 Å². The Morgan fingerprint density at radius 3 is 2.64 bits per heavy atom. The fraction of sp³-hybridized carbons (Fsp3) is 0.652. The maximum atomic E-state index is 5.73. The number of methoxy groups -OCH3 is 1. The van der Waals surface area contributed by atoms with Gasteiger partial charge in [-0.1, -0.05) is 57.1 Å². The molecule has 0 heterocycles. The molecule has 0 fully saturated rings. The molecule has 140 valence electrons. The second-order valence-corrected chi connectivity index (χ2v) is 7.61. The van der Waals surface area contributed by atoms with Crippen molar-refractivity contribution in [3.63, 3.8) is 0 Å². The van der Waals surface area contributed by atoms with Crippen molar-refractivity contribution in [2.75, 3.05) is 7.11 Å². The maximum absolute atomic E-state index is 5.73. The van der Waals surface area contributed by atoms with Crippen LogP contribution in [0.5, 0.6) is 0 Å². The van der Waals surface area contributed by atoms with Gasteiger partial charge in [0.2, 0.25) is 0 Å². The molecule has 25 heavy (non-hydrogen) atoms. The van der Waals surface area contributed by atoms with E-state index in [0.29, 0.717) is 17.9 Å². The minimum atomic E-state index is 0.152. The zero-order valence-corrected chi connectivity index (χ0v) is 16.6. The van der Waals surface area contributed by atoms with Gasteiger partial charge < -0.3 is 9.47 Å². The SMILES string of the molecule is C=C(C)O[C@@H]1C=CC(C(C)C(CCCC)C2=CCC(OC)CC2)=CC1. The van der Waals surface area contributed by atoms with E-state index in [4.69, 9.17) is 9.47 Å². The minimum Gasteiger partial charge on any atom is -0.491 e. The molecule has 3 unspecified atom stereocenters. The van der Waals surface area contributed by atoms with Crippen molar-refractivity contribution >= 4 is 0 Å². The predicted octanol–water partition coefficient (Wildman–Crippen LogP) is 6.36.